The molecule has 0 aliphatic heterocycles. The lowest BCUT2D eigenvalue weighted by Crippen LogP contribution is -2.37. The van der Waals surface area contributed by atoms with Crippen molar-refractivity contribution in [1.29, 1.82) is 0 Å². The van der Waals surface area contributed by atoms with E-state index in [4.69, 9.17) is 4.74 Å². The van der Waals surface area contributed by atoms with Gasteiger partial charge < -0.3 is 4.74 Å². The number of esters is 1. The van der Waals surface area contributed by atoms with E-state index in [2.05, 4.69) is 10.1 Å². The van der Waals surface area contributed by atoms with Crippen molar-refractivity contribution < 1.29 is 27.5 Å². The maximum atomic E-state index is 13.4. The molecule has 0 aliphatic rings. The van der Waals surface area contributed by atoms with E-state index in [9.17, 15) is 22.8 Å². The van der Waals surface area contributed by atoms with Crippen molar-refractivity contribution >= 4 is 34.4 Å². The number of alkyl halides is 3. The standard InChI is InChI=1S/C19H23F3N4O3S/c1-6-11(3)26(14(27)9-8-13-10-23-25(5)12(13)4)18-24-16(19(20,21)22)15(30-18)17(28)29-7-2/h8-11H,6-7H2,1-5H3/b9-8+/t11-/m1/s1. The van der Waals surface area contributed by atoms with Gasteiger partial charge in [0.2, 0.25) is 0 Å². The smallest absolute Gasteiger partial charge is 0.435 e. The molecule has 1 amide bonds. The van der Waals surface area contributed by atoms with Crippen LogP contribution >= 0.6 is 11.3 Å². The van der Waals surface area contributed by atoms with E-state index in [1.54, 1.807) is 37.8 Å². The van der Waals surface area contributed by atoms with E-state index in [1.807, 2.05) is 6.92 Å². The highest BCUT2D eigenvalue weighted by Crippen LogP contribution is 2.38. The van der Waals surface area contributed by atoms with Crippen LogP contribution in [0.25, 0.3) is 6.08 Å². The van der Waals surface area contributed by atoms with Gasteiger partial charge in [0.15, 0.2) is 10.8 Å². The molecule has 0 saturated carbocycles. The minimum atomic E-state index is -4.86. The van der Waals surface area contributed by atoms with Gasteiger partial charge in [0, 0.05) is 30.4 Å². The second-order valence-electron chi connectivity index (χ2n) is 6.50. The summed E-state index contributed by atoms with van der Waals surface area (Å²) in [6.07, 6.45) is 0.00100. The number of amides is 1. The van der Waals surface area contributed by atoms with E-state index >= 15 is 0 Å². The Morgan fingerprint density at radius 1 is 1.37 bits per heavy atom. The van der Waals surface area contributed by atoms with Crippen molar-refractivity contribution in [1.82, 2.24) is 14.8 Å². The summed E-state index contributed by atoms with van der Waals surface area (Å²) >= 11 is 0.493. The van der Waals surface area contributed by atoms with E-state index in [1.165, 1.54) is 13.0 Å². The molecule has 2 aromatic heterocycles. The molecule has 7 nitrogen and oxygen atoms in total. The molecule has 0 radical (unpaired) electrons. The molecule has 0 aliphatic carbocycles. The molecule has 0 spiro atoms. The molecular formula is C19H23F3N4O3S. The van der Waals surface area contributed by atoms with E-state index in [0.717, 1.165) is 10.6 Å². The zero-order valence-corrected chi connectivity index (χ0v) is 18.1. The van der Waals surface area contributed by atoms with Crippen molar-refractivity contribution in [3.63, 3.8) is 0 Å². The fourth-order valence-corrected chi connectivity index (χ4v) is 3.63. The summed E-state index contributed by atoms with van der Waals surface area (Å²) in [5, 5.41) is 3.87. The first-order valence-corrected chi connectivity index (χ1v) is 10.1. The number of hydrogen-bond acceptors (Lipinski definition) is 6. The Morgan fingerprint density at radius 2 is 2.03 bits per heavy atom. The Bertz CT molecular complexity index is 949. The monoisotopic (exact) mass is 444 g/mol. The predicted molar refractivity (Wildman–Crippen MR) is 107 cm³/mol. The summed E-state index contributed by atoms with van der Waals surface area (Å²) in [7, 11) is 1.76. The van der Waals surface area contributed by atoms with Crippen LogP contribution < -0.4 is 4.90 Å². The van der Waals surface area contributed by atoms with Gasteiger partial charge in [-0.2, -0.15) is 18.3 Å². The van der Waals surface area contributed by atoms with Crippen molar-refractivity contribution in [2.75, 3.05) is 11.5 Å². The minimum Gasteiger partial charge on any atom is -0.462 e. The van der Waals surface area contributed by atoms with Crippen molar-refractivity contribution in [3.05, 3.63) is 34.1 Å². The van der Waals surface area contributed by atoms with Gasteiger partial charge in [-0.1, -0.05) is 18.3 Å². The number of anilines is 1. The third kappa shape index (κ3) is 5.07. The van der Waals surface area contributed by atoms with Crippen LogP contribution in [0.3, 0.4) is 0 Å². The van der Waals surface area contributed by atoms with E-state index < -0.39 is 34.7 Å². The first-order valence-electron chi connectivity index (χ1n) is 9.26. The van der Waals surface area contributed by atoms with Gasteiger partial charge >= 0.3 is 12.1 Å². The number of carbonyl (C=O) groups is 2. The molecule has 0 bridgehead atoms. The van der Waals surface area contributed by atoms with Crippen molar-refractivity contribution in [3.8, 4) is 0 Å². The number of ether oxygens (including phenoxy) is 1. The molecule has 2 heterocycles. The zero-order chi connectivity index (χ0) is 22.6. The number of aryl methyl sites for hydroxylation is 1. The van der Waals surface area contributed by atoms with Crippen LogP contribution in [0.1, 0.15) is 53.8 Å². The number of carbonyl (C=O) groups excluding carboxylic acids is 2. The van der Waals surface area contributed by atoms with Crippen LogP contribution in [0, 0.1) is 6.92 Å². The maximum absolute atomic E-state index is 13.4. The lowest BCUT2D eigenvalue weighted by atomic mass is 10.2. The van der Waals surface area contributed by atoms with E-state index in [0.29, 0.717) is 23.3 Å². The number of aromatic nitrogens is 3. The number of hydrogen-bond donors (Lipinski definition) is 0. The van der Waals surface area contributed by atoms with E-state index in [-0.39, 0.29) is 11.7 Å². The first-order chi connectivity index (χ1) is 14.0. The molecule has 0 aromatic carbocycles. The highest BCUT2D eigenvalue weighted by atomic mass is 32.1. The quantitative estimate of drug-likeness (QED) is 0.472. The highest BCUT2D eigenvalue weighted by Gasteiger charge is 2.41. The molecule has 0 unspecified atom stereocenters. The molecule has 11 heteroatoms. The fraction of sp³-hybridized carbons (Fsp3) is 0.474. The summed E-state index contributed by atoms with van der Waals surface area (Å²) in [4.78, 5) is 29.0. The second-order valence-corrected chi connectivity index (χ2v) is 7.48. The van der Waals surface area contributed by atoms with Crippen LogP contribution in [0.5, 0.6) is 0 Å². The van der Waals surface area contributed by atoms with Crippen LogP contribution in [-0.4, -0.2) is 39.3 Å². The fourth-order valence-electron chi connectivity index (χ4n) is 2.54. The largest absolute Gasteiger partial charge is 0.462 e. The van der Waals surface area contributed by atoms with Gasteiger partial charge in [-0.05, 0) is 33.3 Å². The van der Waals surface area contributed by atoms with Gasteiger partial charge in [0.05, 0.1) is 12.8 Å². The molecule has 0 N–H and O–H groups in total. The highest BCUT2D eigenvalue weighted by molar-refractivity contribution is 7.17. The Hall–Kier alpha value is -2.69. The molecule has 30 heavy (non-hydrogen) atoms. The van der Waals surface area contributed by atoms with Crippen molar-refractivity contribution in [2.45, 2.75) is 46.3 Å². The van der Waals surface area contributed by atoms with Gasteiger partial charge in [-0.15, -0.1) is 0 Å². The summed E-state index contributed by atoms with van der Waals surface area (Å²) in [6, 6.07) is -0.445. The number of rotatable bonds is 7. The van der Waals surface area contributed by atoms with Crippen molar-refractivity contribution in [2.24, 2.45) is 7.05 Å². The Kier molecular flexibility index (Phi) is 7.40. The van der Waals surface area contributed by atoms with Gasteiger partial charge in [0.25, 0.3) is 5.91 Å². The minimum absolute atomic E-state index is 0.0788. The summed E-state index contributed by atoms with van der Waals surface area (Å²) < 4.78 is 46.7. The number of halogens is 3. The summed E-state index contributed by atoms with van der Waals surface area (Å²) in [5.74, 6) is -1.67. The van der Waals surface area contributed by atoms with Crippen LogP contribution in [0.15, 0.2) is 12.3 Å². The second kappa shape index (κ2) is 9.41. The third-order valence-corrected chi connectivity index (χ3v) is 5.53. The molecule has 2 aromatic rings. The van der Waals surface area contributed by atoms with Crippen LogP contribution in [0.4, 0.5) is 18.3 Å². The first kappa shape index (κ1) is 23.6. The molecule has 0 fully saturated rings. The third-order valence-electron chi connectivity index (χ3n) is 4.50. The molecular weight excluding hydrogens is 421 g/mol. The molecule has 2 rings (SSSR count). The SMILES string of the molecule is CCOC(=O)c1sc(N(C(=O)/C=C/c2cnn(C)c2C)[C@H](C)CC)nc1C(F)(F)F. The predicted octanol–water partition coefficient (Wildman–Crippen LogP) is 4.23. The normalized spacial score (nSPS) is 12.9. The number of nitrogens with zero attached hydrogens (tertiary/aromatic N) is 4. The average molecular weight is 444 g/mol. The van der Waals surface area contributed by atoms with Crippen LogP contribution in [0.2, 0.25) is 0 Å². The van der Waals surface area contributed by atoms with Gasteiger partial charge in [-0.3, -0.25) is 14.4 Å². The Morgan fingerprint density at radius 3 is 2.53 bits per heavy atom. The molecule has 0 saturated heterocycles. The molecule has 164 valence electrons. The zero-order valence-electron chi connectivity index (χ0n) is 17.3. The average Bonchev–Trinajstić information content (AvgIpc) is 3.25. The molecule has 1 atom stereocenters. The lowest BCUT2D eigenvalue weighted by Gasteiger charge is -2.24. The van der Waals surface area contributed by atoms with Gasteiger partial charge in [0.1, 0.15) is 4.88 Å². The van der Waals surface area contributed by atoms with Gasteiger partial charge in [-0.25, -0.2) is 9.78 Å². The Labute approximate surface area is 176 Å². The topological polar surface area (TPSA) is 77.3 Å². The van der Waals surface area contributed by atoms with Crippen LogP contribution in [-0.2, 0) is 22.8 Å². The summed E-state index contributed by atoms with van der Waals surface area (Å²) in [5.41, 5.74) is 0.179. The maximum Gasteiger partial charge on any atom is 0.435 e. The lowest BCUT2D eigenvalue weighted by molar-refractivity contribution is -0.141. The number of thiazole rings is 1. The Balaban J connectivity index is 2.47. The summed E-state index contributed by atoms with van der Waals surface area (Å²) in [6.45, 7) is 6.73.